The Morgan fingerprint density at radius 3 is 1.93 bits per heavy atom. The summed E-state index contributed by atoms with van der Waals surface area (Å²) in [7, 11) is 0. The molecular formula is C20H19NO7. The Hall–Kier alpha value is -3.68. The Balaban J connectivity index is 1.82. The number of ether oxygens (including phenoxy) is 3. The van der Waals surface area contributed by atoms with E-state index in [2.05, 4.69) is 5.32 Å². The summed E-state index contributed by atoms with van der Waals surface area (Å²) < 4.78 is 15.1. The van der Waals surface area contributed by atoms with Crippen molar-refractivity contribution in [3.05, 3.63) is 71.8 Å². The molecule has 0 saturated carbocycles. The van der Waals surface area contributed by atoms with Crippen molar-refractivity contribution < 1.29 is 33.4 Å². The third-order valence-corrected chi connectivity index (χ3v) is 3.47. The molecule has 1 unspecified atom stereocenters. The van der Waals surface area contributed by atoms with Crippen LogP contribution in [-0.2, 0) is 23.8 Å². The first-order valence-electron chi connectivity index (χ1n) is 8.41. The number of benzene rings is 2. The van der Waals surface area contributed by atoms with Crippen LogP contribution in [0.4, 0.5) is 0 Å². The van der Waals surface area contributed by atoms with Gasteiger partial charge in [-0.25, -0.2) is 14.4 Å². The number of carbonyl (C=O) groups excluding carboxylic acids is 4. The summed E-state index contributed by atoms with van der Waals surface area (Å²) in [5, 5.41) is 2.35. The molecule has 2 aromatic rings. The second-order valence-corrected chi connectivity index (χ2v) is 5.54. The fraction of sp³-hybridized carbons (Fsp3) is 0.200. The number of amides is 1. The minimum Gasteiger partial charge on any atom is -0.458 e. The second-order valence-electron chi connectivity index (χ2n) is 5.54. The molecule has 1 atom stereocenters. The van der Waals surface area contributed by atoms with Gasteiger partial charge >= 0.3 is 17.9 Å². The SMILES string of the molecule is O=CNCC(COC(=O)c1ccccc1)OC(=O)COC(=O)c1ccccc1. The molecule has 28 heavy (non-hydrogen) atoms. The van der Waals surface area contributed by atoms with Crippen LogP contribution in [0.5, 0.6) is 0 Å². The lowest BCUT2D eigenvalue weighted by molar-refractivity contribution is -0.154. The largest absolute Gasteiger partial charge is 0.458 e. The van der Waals surface area contributed by atoms with Crippen LogP contribution in [0.25, 0.3) is 0 Å². The van der Waals surface area contributed by atoms with Crippen molar-refractivity contribution in [2.75, 3.05) is 19.8 Å². The molecule has 0 saturated heterocycles. The van der Waals surface area contributed by atoms with Crippen LogP contribution in [0.2, 0.25) is 0 Å². The molecular weight excluding hydrogens is 366 g/mol. The topological polar surface area (TPSA) is 108 Å². The summed E-state index contributed by atoms with van der Waals surface area (Å²) in [5.74, 6) is -2.10. The maximum Gasteiger partial charge on any atom is 0.344 e. The van der Waals surface area contributed by atoms with E-state index in [1.165, 1.54) is 0 Å². The zero-order valence-corrected chi connectivity index (χ0v) is 14.9. The fourth-order valence-electron chi connectivity index (χ4n) is 2.14. The van der Waals surface area contributed by atoms with Gasteiger partial charge in [-0.1, -0.05) is 36.4 Å². The van der Waals surface area contributed by atoms with Crippen molar-refractivity contribution in [3.63, 3.8) is 0 Å². The van der Waals surface area contributed by atoms with Crippen molar-refractivity contribution in [2.24, 2.45) is 0 Å². The molecule has 0 bridgehead atoms. The molecule has 1 amide bonds. The summed E-state index contributed by atoms with van der Waals surface area (Å²) in [6, 6.07) is 16.5. The maximum atomic E-state index is 12.0. The highest BCUT2D eigenvalue weighted by molar-refractivity contribution is 5.90. The van der Waals surface area contributed by atoms with Crippen molar-refractivity contribution in [3.8, 4) is 0 Å². The van der Waals surface area contributed by atoms with Gasteiger partial charge in [0.2, 0.25) is 6.41 Å². The van der Waals surface area contributed by atoms with E-state index in [0.717, 1.165) is 0 Å². The number of esters is 3. The van der Waals surface area contributed by atoms with Gasteiger partial charge in [0.25, 0.3) is 0 Å². The highest BCUT2D eigenvalue weighted by atomic mass is 16.6. The van der Waals surface area contributed by atoms with Gasteiger partial charge in [0.15, 0.2) is 12.7 Å². The van der Waals surface area contributed by atoms with Crippen LogP contribution in [0, 0.1) is 0 Å². The van der Waals surface area contributed by atoms with Crippen LogP contribution in [0.3, 0.4) is 0 Å². The minimum atomic E-state index is -0.930. The van der Waals surface area contributed by atoms with Crippen molar-refractivity contribution in [1.29, 1.82) is 0 Å². The molecule has 0 fully saturated rings. The quantitative estimate of drug-likeness (QED) is 0.374. The predicted octanol–water partition coefficient (Wildman–Crippen LogP) is 1.36. The zero-order chi connectivity index (χ0) is 20.2. The highest BCUT2D eigenvalue weighted by Crippen LogP contribution is 2.04. The molecule has 8 heteroatoms. The Labute approximate surface area is 161 Å². The van der Waals surface area contributed by atoms with E-state index in [1.54, 1.807) is 60.7 Å². The normalized spacial score (nSPS) is 11.0. The fourth-order valence-corrected chi connectivity index (χ4v) is 2.14. The zero-order valence-electron chi connectivity index (χ0n) is 14.9. The van der Waals surface area contributed by atoms with Crippen LogP contribution < -0.4 is 5.32 Å². The van der Waals surface area contributed by atoms with E-state index in [1.807, 2.05) is 0 Å². The standard InChI is InChI=1S/C20H19NO7/c22-14-21-11-17(12-26-19(24)15-7-3-1-4-8-15)28-18(23)13-27-20(25)16-9-5-2-6-10-16/h1-10,14,17H,11-13H2,(H,21,22). The molecule has 2 rings (SSSR count). The lowest BCUT2D eigenvalue weighted by Gasteiger charge is -2.17. The third-order valence-electron chi connectivity index (χ3n) is 3.47. The van der Waals surface area contributed by atoms with E-state index in [9.17, 15) is 19.2 Å². The summed E-state index contributed by atoms with van der Waals surface area (Å²) in [4.78, 5) is 46.2. The molecule has 0 heterocycles. The Bertz CT molecular complexity index is 793. The monoisotopic (exact) mass is 385 g/mol. The van der Waals surface area contributed by atoms with E-state index in [0.29, 0.717) is 17.5 Å². The Morgan fingerprint density at radius 1 is 0.857 bits per heavy atom. The van der Waals surface area contributed by atoms with E-state index in [-0.39, 0.29) is 13.2 Å². The molecule has 0 aromatic heterocycles. The smallest absolute Gasteiger partial charge is 0.344 e. The van der Waals surface area contributed by atoms with E-state index < -0.39 is 30.6 Å². The van der Waals surface area contributed by atoms with Crippen LogP contribution >= 0.6 is 0 Å². The minimum absolute atomic E-state index is 0.0655. The van der Waals surface area contributed by atoms with Crippen molar-refractivity contribution in [1.82, 2.24) is 5.32 Å². The summed E-state index contributed by atoms with van der Waals surface area (Å²) in [5.41, 5.74) is 0.638. The van der Waals surface area contributed by atoms with Gasteiger partial charge < -0.3 is 19.5 Å². The van der Waals surface area contributed by atoms with Gasteiger partial charge in [0.1, 0.15) is 6.61 Å². The lowest BCUT2D eigenvalue weighted by atomic mass is 10.2. The number of nitrogens with one attached hydrogen (secondary N) is 1. The first-order valence-corrected chi connectivity index (χ1v) is 8.41. The van der Waals surface area contributed by atoms with Gasteiger partial charge in [-0.2, -0.15) is 0 Å². The number of carbonyl (C=O) groups is 4. The van der Waals surface area contributed by atoms with Gasteiger partial charge in [-0.05, 0) is 24.3 Å². The Kier molecular flexibility index (Phi) is 8.19. The van der Waals surface area contributed by atoms with Crippen LogP contribution in [0.15, 0.2) is 60.7 Å². The molecule has 1 N–H and O–H groups in total. The van der Waals surface area contributed by atoms with E-state index in [4.69, 9.17) is 14.2 Å². The highest BCUT2D eigenvalue weighted by Gasteiger charge is 2.19. The predicted molar refractivity (Wildman–Crippen MR) is 97.4 cm³/mol. The number of hydrogen-bond donors (Lipinski definition) is 1. The molecule has 0 radical (unpaired) electrons. The Morgan fingerprint density at radius 2 is 1.39 bits per heavy atom. The van der Waals surface area contributed by atoms with Gasteiger partial charge in [0.05, 0.1) is 17.7 Å². The molecule has 0 aliphatic carbocycles. The van der Waals surface area contributed by atoms with Crippen molar-refractivity contribution >= 4 is 24.3 Å². The summed E-state index contributed by atoms with van der Waals surface area (Å²) in [6.45, 7) is -0.950. The van der Waals surface area contributed by atoms with Gasteiger partial charge in [-0.3, -0.25) is 4.79 Å². The first-order chi connectivity index (χ1) is 13.6. The lowest BCUT2D eigenvalue weighted by Crippen LogP contribution is -2.36. The first kappa shape index (κ1) is 20.6. The third kappa shape index (κ3) is 6.91. The molecule has 0 aliphatic rings. The molecule has 2 aromatic carbocycles. The van der Waals surface area contributed by atoms with Crippen molar-refractivity contribution in [2.45, 2.75) is 6.10 Å². The number of hydrogen-bond acceptors (Lipinski definition) is 7. The second kappa shape index (κ2) is 11.1. The average molecular weight is 385 g/mol. The van der Waals surface area contributed by atoms with Gasteiger partial charge in [-0.15, -0.1) is 0 Å². The summed E-state index contributed by atoms with van der Waals surface area (Å²) in [6.07, 6.45) is -0.504. The molecule has 146 valence electrons. The maximum absolute atomic E-state index is 12.0. The van der Waals surface area contributed by atoms with E-state index >= 15 is 0 Å². The summed E-state index contributed by atoms with van der Waals surface area (Å²) >= 11 is 0. The number of rotatable bonds is 10. The molecule has 0 spiro atoms. The average Bonchev–Trinajstić information content (AvgIpc) is 2.74. The molecule has 0 aliphatic heterocycles. The molecule has 8 nitrogen and oxygen atoms in total. The van der Waals surface area contributed by atoms with Gasteiger partial charge in [0, 0.05) is 0 Å². The van der Waals surface area contributed by atoms with Crippen LogP contribution in [0.1, 0.15) is 20.7 Å². The van der Waals surface area contributed by atoms with Crippen LogP contribution in [-0.4, -0.2) is 50.2 Å².